The molecule has 1 amide bonds. The van der Waals surface area contributed by atoms with E-state index in [2.05, 4.69) is 26.8 Å². The fourth-order valence-corrected chi connectivity index (χ4v) is 3.79. The van der Waals surface area contributed by atoms with E-state index in [0.717, 1.165) is 37.7 Å². The third-order valence-electron chi connectivity index (χ3n) is 5.10. The molecule has 0 unspecified atom stereocenters. The summed E-state index contributed by atoms with van der Waals surface area (Å²) in [7, 11) is 0. The quantitative estimate of drug-likeness (QED) is 0.837. The third kappa shape index (κ3) is 3.30. The van der Waals surface area contributed by atoms with Crippen LogP contribution < -0.4 is 0 Å². The van der Waals surface area contributed by atoms with Crippen molar-refractivity contribution in [2.75, 3.05) is 19.8 Å². The number of rotatable bonds is 4. The summed E-state index contributed by atoms with van der Waals surface area (Å²) in [5, 5.41) is 13.0. The molecule has 0 aromatic carbocycles. The number of carbonyl (C=O) groups is 1. The van der Waals surface area contributed by atoms with Crippen LogP contribution in [0.1, 0.15) is 49.8 Å². The van der Waals surface area contributed by atoms with Crippen LogP contribution in [-0.2, 0) is 22.6 Å². The van der Waals surface area contributed by atoms with Crippen LogP contribution in [0.4, 0.5) is 0 Å². The average Bonchev–Trinajstić information content (AvgIpc) is 3.30. The van der Waals surface area contributed by atoms with E-state index < -0.39 is 0 Å². The summed E-state index contributed by atoms with van der Waals surface area (Å²) < 4.78 is 9.49. The molecule has 1 fully saturated rings. The van der Waals surface area contributed by atoms with Gasteiger partial charge >= 0.3 is 0 Å². The molecule has 2 aliphatic heterocycles. The molecule has 0 aliphatic carbocycles. The minimum absolute atomic E-state index is 0.143. The van der Waals surface area contributed by atoms with E-state index in [-0.39, 0.29) is 11.9 Å². The predicted molar refractivity (Wildman–Crippen MR) is 89.8 cm³/mol. The lowest BCUT2D eigenvalue weighted by Gasteiger charge is -2.34. The standard InChI is InChI=1S/C17H24N6O2/c1-13-11-21(16(24)3-8-22-7-2-6-18-22)12-15-19-20-17(23(13)15)14-4-9-25-10-5-14/h2,6-7,13-14H,3-5,8-12H2,1H3/t13-/m0/s1. The average molecular weight is 344 g/mol. The predicted octanol–water partition coefficient (Wildman–Crippen LogP) is 1.36. The molecule has 0 saturated carbocycles. The Bertz CT molecular complexity index is 720. The van der Waals surface area contributed by atoms with E-state index in [4.69, 9.17) is 4.74 Å². The van der Waals surface area contributed by atoms with Crippen LogP contribution in [0.15, 0.2) is 18.5 Å². The summed E-state index contributed by atoms with van der Waals surface area (Å²) in [6.07, 6.45) is 6.06. The topological polar surface area (TPSA) is 78.1 Å². The van der Waals surface area contributed by atoms with Crippen LogP contribution in [0, 0.1) is 0 Å². The normalized spacial score (nSPS) is 21.3. The number of hydrogen-bond donors (Lipinski definition) is 0. The molecular formula is C17H24N6O2. The number of nitrogens with zero attached hydrogens (tertiary/aromatic N) is 6. The second-order valence-electron chi connectivity index (χ2n) is 6.87. The highest BCUT2D eigenvalue weighted by Gasteiger charge is 2.32. The third-order valence-corrected chi connectivity index (χ3v) is 5.10. The van der Waals surface area contributed by atoms with E-state index in [1.807, 2.05) is 17.2 Å². The van der Waals surface area contributed by atoms with Gasteiger partial charge in [-0.25, -0.2) is 0 Å². The van der Waals surface area contributed by atoms with E-state index >= 15 is 0 Å². The molecule has 4 heterocycles. The lowest BCUT2D eigenvalue weighted by Crippen LogP contribution is -2.41. The van der Waals surface area contributed by atoms with Gasteiger partial charge in [0.15, 0.2) is 5.82 Å². The Morgan fingerprint density at radius 2 is 2.16 bits per heavy atom. The summed E-state index contributed by atoms with van der Waals surface area (Å²) in [6, 6.07) is 2.07. The number of fused-ring (bicyclic) bond motifs is 1. The van der Waals surface area contributed by atoms with Crippen molar-refractivity contribution >= 4 is 5.91 Å². The zero-order valence-electron chi connectivity index (χ0n) is 14.5. The first-order chi connectivity index (χ1) is 12.2. The lowest BCUT2D eigenvalue weighted by atomic mass is 9.99. The summed E-state index contributed by atoms with van der Waals surface area (Å²) in [4.78, 5) is 14.5. The maximum atomic E-state index is 12.6. The Balaban J connectivity index is 1.44. The molecule has 0 bridgehead atoms. The van der Waals surface area contributed by atoms with Crippen molar-refractivity contribution in [1.82, 2.24) is 29.4 Å². The highest BCUT2D eigenvalue weighted by Crippen LogP contribution is 2.30. The number of aryl methyl sites for hydroxylation is 1. The molecule has 0 spiro atoms. The molecule has 1 saturated heterocycles. The summed E-state index contributed by atoms with van der Waals surface area (Å²) in [5.41, 5.74) is 0. The maximum absolute atomic E-state index is 12.6. The number of amides is 1. The first kappa shape index (κ1) is 16.3. The van der Waals surface area contributed by atoms with Gasteiger partial charge < -0.3 is 14.2 Å². The SMILES string of the molecule is C[C@H]1CN(C(=O)CCn2cccn2)Cc2nnc(C3CCOCC3)n21. The minimum atomic E-state index is 0.143. The van der Waals surface area contributed by atoms with Crippen molar-refractivity contribution in [2.45, 2.75) is 51.2 Å². The van der Waals surface area contributed by atoms with Gasteiger partial charge in [-0.05, 0) is 25.8 Å². The first-order valence-corrected chi connectivity index (χ1v) is 8.99. The van der Waals surface area contributed by atoms with Crippen molar-refractivity contribution in [3.8, 4) is 0 Å². The second-order valence-corrected chi connectivity index (χ2v) is 6.87. The highest BCUT2D eigenvalue weighted by atomic mass is 16.5. The number of carbonyl (C=O) groups excluding carboxylic acids is 1. The molecule has 1 atom stereocenters. The van der Waals surface area contributed by atoms with Crippen LogP contribution in [0.5, 0.6) is 0 Å². The van der Waals surface area contributed by atoms with Crippen molar-refractivity contribution in [2.24, 2.45) is 0 Å². The molecule has 8 heteroatoms. The molecule has 0 radical (unpaired) electrons. The van der Waals surface area contributed by atoms with Gasteiger partial charge in [0.1, 0.15) is 5.82 Å². The molecule has 2 aromatic heterocycles. The van der Waals surface area contributed by atoms with Crippen molar-refractivity contribution in [3.05, 3.63) is 30.1 Å². The molecular weight excluding hydrogens is 320 g/mol. The van der Waals surface area contributed by atoms with Crippen molar-refractivity contribution < 1.29 is 9.53 Å². The lowest BCUT2D eigenvalue weighted by molar-refractivity contribution is -0.133. The Morgan fingerprint density at radius 1 is 1.32 bits per heavy atom. The number of hydrogen-bond acceptors (Lipinski definition) is 5. The minimum Gasteiger partial charge on any atom is -0.381 e. The zero-order chi connectivity index (χ0) is 17.2. The Hall–Kier alpha value is -2.22. The van der Waals surface area contributed by atoms with E-state index in [0.29, 0.717) is 32.0 Å². The number of aromatic nitrogens is 5. The Morgan fingerprint density at radius 3 is 2.92 bits per heavy atom. The summed E-state index contributed by atoms with van der Waals surface area (Å²) in [6.45, 7) is 5.58. The van der Waals surface area contributed by atoms with Crippen molar-refractivity contribution in [3.63, 3.8) is 0 Å². The van der Waals surface area contributed by atoms with Gasteiger partial charge in [-0.1, -0.05) is 0 Å². The maximum Gasteiger partial charge on any atom is 0.224 e. The van der Waals surface area contributed by atoms with Gasteiger partial charge in [-0.2, -0.15) is 5.10 Å². The fraction of sp³-hybridized carbons (Fsp3) is 0.647. The Labute approximate surface area is 146 Å². The van der Waals surface area contributed by atoms with E-state index in [1.54, 1.807) is 10.9 Å². The van der Waals surface area contributed by atoms with Crippen LogP contribution >= 0.6 is 0 Å². The van der Waals surface area contributed by atoms with E-state index in [1.165, 1.54) is 0 Å². The van der Waals surface area contributed by atoms with Gasteiger partial charge in [-0.15, -0.1) is 10.2 Å². The molecule has 25 heavy (non-hydrogen) atoms. The largest absolute Gasteiger partial charge is 0.381 e. The van der Waals surface area contributed by atoms with Gasteiger partial charge in [0.2, 0.25) is 5.91 Å². The number of ether oxygens (including phenoxy) is 1. The van der Waals surface area contributed by atoms with Gasteiger partial charge in [0, 0.05) is 51.0 Å². The Kier molecular flexibility index (Phi) is 4.52. The van der Waals surface area contributed by atoms with Gasteiger partial charge in [-0.3, -0.25) is 9.48 Å². The summed E-state index contributed by atoms with van der Waals surface area (Å²) in [5.74, 6) is 2.52. The highest BCUT2D eigenvalue weighted by molar-refractivity contribution is 5.76. The first-order valence-electron chi connectivity index (χ1n) is 8.99. The smallest absolute Gasteiger partial charge is 0.224 e. The molecule has 0 N–H and O–H groups in total. The fourth-order valence-electron chi connectivity index (χ4n) is 3.79. The summed E-state index contributed by atoms with van der Waals surface area (Å²) >= 11 is 0. The monoisotopic (exact) mass is 344 g/mol. The van der Waals surface area contributed by atoms with Crippen LogP contribution in [-0.4, -0.2) is 55.1 Å². The molecule has 8 nitrogen and oxygen atoms in total. The molecule has 2 aromatic rings. The van der Waals surface area contributed by atoms with Crippen LogP contribution in [0.3, 0.4) is 0 Å². The van der Waals surface area contributed by atoms with E-state index in [9.17, 15) is 4.79 Å². The van der Waals surface area contributed by atoms with Crippen LogP contribution in [0.25, 0.3) is 0 Å². The van der Waals surface area contributed by atoms with Gasteiger partial charge in [0.25, 0.3) is 0 Å². The zero-order valence-corrected chi connectivity index (χ0v) is 14.5. The van der Waals surface area contributed by atoms with Gasteiger partial charge in [0.05, 0.1) is 12.6 Å². The molecule has 4 rings (SSSR count). The second kappa shape index (κ2) is 6.95. The molecule has 2 aliphatic rings. The van der Waals surface area contributed by atoms with Crippen molar-refractivity contribution in [1.29, 1.82) is 0 Å². The molecule has 134 valence electrons. The van der Waals surface area contributed by atoms with Crippen LogP contribution in [0.2, 0.25) is 0 Å².